The van der Waals surface area contributed by atoms with E-state index in [4.69, 9.17) is 35.1 Å². The topological polar surface area (TPSA) is 86.5 Å². The number of morpholine rings is 1. The molecule has 3 fully saturated rings. The number of aromatic nitrogens is 1. The van der Waals surface area contributed by atoms with Gasteiger partial charge in [0.25, 0.3) is 0 Å². The van der Waals surface area contributed by atoms with E-state index < -0.39 is 12.4 Å². The Hall–Kier alpha value is -2.07. The summed E-state index contributed by atoms with van der Waals surface area (Å²) in [5.41, 5.74) is 2.00. The molecule has 1 amide bonds. The van der Waals surface area contributed by atoms with Crippen molar-refractivity contribution in [3.05, 3.63) is 16.7 Å². The molecule has 1 aromatic heterocycles. The van der Waals surface area contributed by atoms with Gasteiger partial charge in [0.15, 0.2) is 17.7 Å². The normalized spacial score (nSPS) is 26.0. The van der Waals surface area contributed by atoms with Gasteiger partial charge in [0.1, 0.15) is 11.6 Å². The second-order valence-electron chi connectivity index (χ2n) is 7.51. The third kappa shape index (κ3) is 3.22. The first-order chi connectivity index (χ1) is 14.0. The van der Waals surface area contributed by atoms with Gasteiger partial charge in [-0.15, -0.1) is 0 Å². The Kier molecular flexibility index (Phi) is 4.78. The van der Waals surface area contributed by atoms with Crippen molar-refractivity contribution in [3.63, 3.8) is 0 Å². The van der Waals surface area contributed by atoms with Crippen molar-refractivity contribution in [2.24, 2.45) is 0 Å². The Morgan fingerprint density at radius 3 is 2.52 bits per heavy atom. The number of amides is 1. The number of carbonyl (C=O) groups is 1. The van der Waals surface area contributed by atoms with Crippen LogP contribution in [0.5, 0.6) is 0 Å². The smallest absolute Gasteiger partial charge is 0.415 e. The molecule has 2 unspecified atom stereocenters. The van der Waals surface area contributed by atoms with E-state index in [1.165, 1.54) is 4.90 Å². The molecule has 10 heteroatoms. The van der Waals surface area contributed by atoms with E-state index >= 15 is 0 Å². The maximum absolute atomic E-state index is 12.0. The molecule has 0 radical (unpaired) electrons. The lowest BCUT2D eigenvalue weighted by Gasteiger charge is -2.38. The lowest BCUT2D eigenvalue weighted by Crippen LogP contribution is -2.46. The highest BCUT2D eigenvalue weighted by Crippen LogP contribution is 2.45. The molecule has 0 bridgehead atoms. The summed E-state index contributed by atoms with van der Waals surface area (Å²) < 4.78 is 28.1. The van der Waals surface area contributed by atoms with Gasteiger partial charge in [0.2, 0.25) is 0 Å². The average Bonchev–Trinajstić information content (AvgIpc) is 3.40. The first kappa shape index (κ1) is 18.9. The van der Waals surface area contributed by atoms with Gasteiger partial charge in [-0.2, -0.15) is 0 Å². The second kappa shape index (κ2) is 7.32. The Morgan fingerprint density at radius 2 is 1.86 bits per heavy atom. The minimum absolute atomic E-state index is 0.0495. The zero-order valence-electron chi connectivity index (χ0n) is 16.2. The lowest BCUT2D eigenvalue weighted by atomic mass is 10.1. The lowest BCUT2D eigenvalue weighted by molar-refractivity contribution is -0.0443. The molecule has 0 spiro atoms. The number of rotatable bonds is 3. The van der Waals surface area contributed by atoms with Crippen LogP contribution in [0.3, 0.4) is 0 Å². The van der Waals surface area contributed by atoms with Crippen molar-refractivity contribution in [1.29, 1.82) is 0 Å². The highest BCUT2D eigenvalue weighted by atomic mass is 35.5. The molecular formula is C19H22ClN3O6. The number of nitrogens with zero attached hydrogens (tertiary/aromatic N) is 3. The molecular weight excluding hydrogens is 402 g/mol. The highest BCUT2D eigenvalue weighted by Gasteiger charge is 2.35. The van der Waals surface area contributed by atoms with E-state index in [-0.39, 0.29) is 12.2 Å². The predicted molar refractivity (Wildman–Crippen MR) is 105 cm³/mol. The van der Waals surface area contributed by atoms with Crippen LogP contribution >= 0.6 is 11.6 Å². The fraction of sp³-hybridized carbons (Fsp3) is 0.579. The van der Waals surface area contributed by atoms with E-state index in [9.17, 15) is 4.79 Å². The van der Waals surface area contributed by atoms with Crippen LogP contribution in [0, 0.1) is 0 Å². The number of hydrogen-bond acceptors (Lipinski definition) is 8. The average molecular weight is 424 g/mol. The number of benzene rings is 1. The number of carbonyl (C=O) groups excluding carboxylic acids is 1. The number of anilines is 2. The van der Waals surface area contributed by atoms with Gasteiger partial charge in [-0.1, -0.05) is 16.8 Å². The summed E-state index contributed by atoms with van der Waals surface area (Å²) in [7, 11) is 0. The van der Waals surface area contributed by atoms with Crippen molar-refractivity contribution < 1.29 is 28.3 Å². The summed E-state index contributed by atoms with van der Waals surface area (Å²) in [4.78, 5) is 15.7. The highest BCUT2D eigenvalue weighted by molar-refractivity contribution is 6.38. The van der Waals surface area contributed by atoms with Crippen LogP contribution in [0.1, 0.15) is 25.7 Å². The van der Waals surface area contributed by atoms with E-state index in [1.807, 2.05) is 19.9 Å². The van der Waals surface area contributed by atoms with Crippen LogP contribution in [-0.4, -0.2) is 62.9 Å². The Bertz CT molecular complexity index is 934. The van der Waals surface area contributed by atoms with Gasteiger partial charge >= 0.3 is 6.09 Å². The standard InChI is InChI=1S/C19H22ClN3O6/c1-10-8-22(9-11(2)28-10)15-12(18-25-5-6-26-18)7-13-16(14(15)20)29-21-17(13)23-3-4-27-19(23)24/h7,10-11,18H,3-6,8-9H2,1-2H3. The van der Waals surface area contributed by atoms with E-state index in [1.54, 1.807) is 0 Å². The Morgan fingerprint density at radius 1 is 1.14 bits per heavy atom. The summed E-state index contributed by atoms with van der Waals surface area (Å²) >= 11 is 6.85. The van der Waals surface area contributed by atoms with Crippen LogP contribution in [0.2, 0.25) is 5.02 Å². The van der Waals surface area contributed by atoms with Crippen molar-refractivity contribution in [3.8, 4) is 0 Å². The van der Waals surface area contributed by atoms with Gasteiger partial charge in [-0.3, -0.25) is 4.90 Å². The summed E-state index contributed by atoms with van der Waals surface area (Å²) in [6, 6.07) is 1.90. The van der Waals surface area contributed by atoms with Gasteiger partial charge in [0.05, 0.1) is 43.0 Å². The van der Waals surface area contributed by atoms with Gasteiger partial charge in [0, 0.05) is 18.7 Å². The molecule has 5 rings (SSSR count). The maximum Gasteiger partial charge on any atom is 0.415 e. The monoisotopic (exact) mass is 423 g/mol. The molecule has 0 saturated carbocycles. The van der Waals surface area contributed by atoms with Crippen LogP contribution in [0.4, 0.5) is 16.3 Å². The van der Waals surface area contributed by atoms with Gasteiger partial charge in [-0.05, 0) is 19.9 Å². The summed E-state index contributed by atoms with van der Waals surface area (Å²) in [5, 5.41) is 5.16. The van der Waals surface area contributed by atoms with Crippen molar-refractivity contribution in [1.82, 2.24) is 5.16 Å². The predicted octanol–water partition coefficient (Wildman–Crippen LogP) is 3.10. The molecule has 29 heavy (non-hydrogen) atoms. The Balaban J connectivity index is 1.66. The molecule has 1 aromatic carbocycles. The molecule has 0 N–H and O–H groups in total. The molecule has 3 saturated heterocycles. The largest absolute Gasteiger partial charge is 0.447 e. The van der Waals surface area contributed by atoms with Crippen LogP contribution in [-0.2, 0) is 18.9 Å². The summed E-state index contributed by atoms with van der Waals surface area (Å²) in [6.45, 7) is 7.14. The number of hydrogen-bond donors (Lipinski definition) is 0. The minimum atomic E-state index is -0.548. The SMILES string of the molecule is CC1CN(c2c(C3OCCO3)cc3c(N4CCOC4=O)noc3c2Cl)CC(C)O1. The number of cyclic esters (lactones) is 1. The van der Waals surface area contributed by atoms with E-state index in [2.05, 4.69) is 10.1 Å². The van der Waals surface area contributed by atoms with Crippen molar-refractivity contribution in [2.75, 3.05) is 49.3 Å². The van der Waals surface area contributed by atoms with Crippen LogP contribution in [0.25, 0.3) is 11.0 Å². The molecule has 3 aliphatic rings. The van der Waals surface area contributed by atoms with Gasteiger partial charge in [-0.25, -0.2) is 4.79 Å². The molecule has 3 aliphatic heterocycles. The Labute approximate surface area is 172 Å². The van der Waals surface area contributed by atoms with Crippen LogP contribution in [0.15, 0.2) is 10.6 Å². The minimum Gasteiger partial charge on any atom is -0.447 e. The number of fused-ring (bicyclic) bond motifs is 1. The summed E-state index contributed by atoms with van der Waals surface area (Å²) in [5.74, 6) is 0.388. The third-order valence-electron chi connectivity index (χ3n) is 5.32. The quantitative estimate of drug-likeness (QED) is 0.744. The third-order valence-corrected chi connectivity index (χ3v) is 5.67. The molecule has 2 aromatic rings. The fourth-order valence-electron chi connectivity index (χ4n) is 4.22. The molecule has 2 atom stereocenters. The zero-order chi connectivity index (χ0) is 20.1. The summed E-state index contributed by atoms with van der Waals surface area (Å²) in [6.07, 6.45) is -0.901. The van der Waals surface area contributed by atoms with E-state index in [0.29, 0.717) is 61.3 Å². The zero-order valence-corrected chi connectivity index (χ0v) is 17.0. The van der Waals surface area contributed by atoms with Crippen molar-refractivity contribution in [2.45, 2.75) is 32.3 Å². The number of halogens is 1. The first-order valence-corrected chi connectivity index (χ1v) is 10.1. The number of ether oxygens (including phenoxy) is 4. The van der Waals surface area contributed by atoms with E-state index in [0.717, 1.165) is 11.3 Å². The maximum atomic E-state index is 12.0. The van der Waals surface area contributed by atoms with Crippen LogP contribution < -0.4 is 9.80 Å². The molecule has 0 aliphatic carbocycles. The van der Waals surface area contributed by atoms with Gasteiger partial charge < -0.3 is 28.4 Å². The molecule has 4 heterocycles. The van der Waals surface area contributed by atoms with Crippen molar-refractivity contribution >= 4 is 40.2 Å². The molecule has 156 valence electrons. The molecule has 9 nitrogen and oxygen atoms in total. The first-order valence-electron chi connectivity index (χ1n) is 9.72. The fourth-order valence-corrected chi connectivity index (χ4v) is 4.58. The second-order valence-corrected chi connectivity index (χ2v) is 7.89.